The molecule has 0 radical (unpaired) electrons. The van der Waals surface area contributed by atoms with Crippen LogP contribution in [0.15, 0.2) is 60.8 Å². The van der Waals surface area contributed by atoms with Gasteiger partial charge in [0.2, 0.25) is 0 Å². The molecule has 6 nitrogen and oxygen atoms in total. The van der Waals surface area contributed by atoms with Crippen LogP contribution in [0.5, 0.6) is 0 Å². The van der Waals surface area contributed by atoms with Gasteiger partial charge in [-0.1, -0.05) is 242 Å². The summed E-state index contributed by atoms with van der Waals surface area (Å²) in [5.41, 5.74) is 0. The van der Waals surface area contributed by atoms with Gasteiger partial charge in [0.15, 0.2) is 6.10 Å². The third-order valence-electron chi connectivity index (χ3n) is 12.0. The zero-order valence-electron chi connectivity index (χ0n) is 43.0. The average Bonchev–Trinajstić information content (AvgIpc) is 3.30. The summed E-state index contributed by atoms with van der Waals surface area (Å²) >= 11 is 0. The number of allylic oxidation sites excluding steroid dienone is 10. The van der Waals surface area contributed by atoms with Gasteiger partial charge in [-0.25, -0.2) is 0 Å². The third-order valence-corrected chi connectivity index (χ3v) is 12.0. The zero-order chi connectivity index (χ0) is 47.2. The summed E-state index contributed by atoms with van der Waals surface area (Å²) < 4.78 is 16.8. The molecule has 0 aromatic heterocycles. The average molecular weight is 909 g/mol. The summed E-state index contributed by atoms with van der Waals surface area (Å²) in [6, 6.07) is 0. The SMILES string of the molecule is CC/C=C\C/C=C\C/C=C\C/C=C\CCCCCCC(=O)OC(COC(=O)CCCCCCC/C=C\CCCC)COC(=O)CCCCCCCCCCCCCCCCCCCCC. The lowest BCUT2D eigenvalue weighted by molar-refractivity contribution is -0.167. The van der Waals surface area contributed by atoms with Gasteiger partial charge in [-0.05, 0) is 77.0 Å². The fraction of sp³-hybridized carbons (Fsp3) is 0.780. The van der Waals surface area contributed by atoms with Crippen molar-refractivity contribution < 1.29 is 28.6 Å². The highest BCUT2D eigenvalue weighted by atomic mass is 16.6. The van der Waals surface area contributed by atoms with Crippen molar-refractivity contribution in [3.05, 3.63) is 60.8 Å². The Morgan fingerprint density at radius 2 is 0.615 bits per heavy atom. The van der Waals surface area contributed by atoms with Gasteiger partial charge in [0.1, 0.15) is 13.2 Å². The smallest absolute Gasteiger partial charge is 0.306 e. The monoisotopic (exact) mass is 909 g/mol. The first-order chi connectivity index (χ1) is 32.0. The lowest BCUT2D eigenvalue weighted by Crippen LogP contribution is -2.30. The van der Waals surface area contributed by atoms with Crippen molar-refractivity contribution in [3.8, 4) is 0 Å². The van der Waals surface area contributed by atoms with Crippen LogP contribution in [-0.2, 0) is 28.6 Å². The Kier molecular flexibility index (Phi) is 51.3. The van der Waals surface area contributed by atoms with E-state index in [4.69, 9.17) is 14.2 Å². The number of esters is 3. The first-order valence-electron chi connectivity index (χ1n) is 27.8. The van der Waals surface area contributed by atoms with Crippen LogP contribution in [-0.4, -0.2) is 37.2 Å². The second kappa shape index (κ2) is 53.7. The van der Waals surface area contributed by atoms with E-state index in [2.05, 4.69) is 81.5 Å². The van der Waals surface area contributed by atoms with Gasteiger partial charge in [0, 0.05) is 19.3 Å². The van der Waals surface area contributed by atoms with Crippen molar-refractivity contribution in [1.82, 2.24) is 0 Å². The highest BCUT2D eigenvalue weighted by molar-refractivity contribution is 5.71. The summed E-state index contributed by atoms with van der Waals surface area (Å²) in [5, 5.41) is 0. The highest BCUT2D eigenvalue weighted by Crippen LogP contribution is 2.16. The van der Waals surface area contributed by atoms with Gasteiger partial charge in [-0.3, -0.25) is 14.4 Å². The predicted octanol–water partition coefficient (Wildman–Crippen LogP) is 18.4. The maximum absolute atomic E-state index is 12.8. The molecule has 0 aliphatic heterocycles. The Labute approximate surface area is 402 Å². The summed E-state index contributed by atoms with van der Waals surface area (Å²) in [7, 11) is 0. The maximum Gasteiger partial charge on any atom is 0.306 e. The van der Waals surface area contributed by atoms with Gasteiger partial charge >= 0.3 is 17.9 Å². The number of rotatable bonds is 50. The lowest BCUT2D eigenvalue weighted by atomic mass is 10.0. The minimum absolute atomic E-state index is 0.0846. The molecule has 6 heteroatoms. The molecule has 376 valence electrons. The number of carbonyl (C=O) groups excluding carboxylic acids is 3. The minimum atomic E-state index is -0.788. The molecule has 0 aliphatic rings. The molecule has 0 aromatic carbocycles. The van der Waals surface area contributed by atoms with Crippen molar-refractivity contribution in [2.24, 2.45) is 0 Å². The third kappa shape index (κ3) is 51.9. The number of hydrogen-bond acceptors (Lipinski definition) is 6. The van der Waals surface area contributed by atoms with Crippen LogP contribution in [0, 0.1) is 0 Å². The lowest BCUT2D eigenvalue weighted by Gasteiger charge is -2.18. The van der Waals surface area contributed by atoms with E-state index >= 15 is 0 Å². The zero-order valence-corrected chi connectivity index (χ0v) is 43.0. The Morgan fingerprint density at radius 1 is 0.323 bits per heavy atom. The largest absolute Gasteiger partial charge is 0.462 e. The number of ether oxygens (including phenoxy) is 3. The molecule has 0 heterocycles. The van der Waals surface area contributed by atoms with Gasteiger partial charge < -0.3 is 14.2 Å². The minimum Gasteiger partial charge on any atom is -0.462 e. The van der Waals surface area contributed by atoms with E-state index in [1.165, 1.54) is 135 Å². The van der Waals surface area contributed by atoms with E-state index in [0.29, 0.717) is 19.3 Å². The Bertz CT molecular complexity index is 1180. The molecule has 0 bridgehead atoms. The number of carbonyl (C=O) groups is 3. The van der Waals surface area contributed by atoms with Crippen molar-refractivity contribution in [2.75, 3.05) is 13.2 Å². The van der Waals surface area contributed by atoms with Crippen molar-refractivity contribution in [2.45, 2.75) is 284 Å². The fourth-order valence-corrected chi connectivity index (χ4v) is 7.83. The van der Waals surface area contributed by atoms with Crippen LogP contribution < -0.4 is 0 Å². The molecule has 0 rings (SSSR count). The molecule has 0 N–H and O–H groups in total. The molecule has 0 saturated carbocycles. The van der Waals surface area contributed by atoms with Crippen LogP contribution in [0.2, 0.25) is 0 Å². The summed E-state index contributed by atoms with van der Waals surface area (Å²) in [6.45, 7) is 6.48. The van der Waals surface area contributed by atoms with E-state index in [9.17, 15) is 14.4 Å². The molecule has 0 saturated heterocycles. The van der Waals surface area contributed by atoms with Crippen molar-refractivity contribution in [3.63, 3.8) is 0 Å². The predicted molar refractivity (Wildman–Crippen MR) is 279 cm³/mol. The number of hydrogen-bond donors (Lipinski definition) is 0. The second-order valence-electron chi connectivity index (χ2n) is 18.5. The summed E-state index contributed by atoms with van der Waals surface area (Å²) in [6.07, 6.45) is 66.4. The van der Waals surface area contributed by atoms with Gasteiger partial charge in [-0.2, -0.15) is 0 Å². The fourth-order valence-electron chi connectivity index (χ4n) is 7.83. The Morgan fingerprint density at radius 3 is 1.00 bits per heavy atom. The molecule has 0 aromatic rings. The molecule has 0 aliphatic carbocycles. The summed E-state index contributed by atoms with van der Waals surface area (Å²) in [5.74, 6) is -0.910. The van der Waals surface area contributed by atoms with Crippen LogP contribution in [0.3, 0.4) is 0 Å². The van der Waals surface area contributed by atoms with Crippen molar-refractivity contribution in [1.29, 1.82) is 0 Å². The Balaban J connectivity index is 4.35. The molecule has 65 heavy (non-hydrogen) atoms. The Hall–Kier alpha value is -2.89. The highest BCUT2D eigenvalue weighted by Gasteiger charge is 2.19. The van der Waals surface area contributed by atoms with E-state index in [0.717, 1.165) is 103 Å². The quantitative estimate of drug-likeness (QED) is 0.0262. The molecule has 0 spiro atoms. The van der Waals surface area contributed by atoms with Gasteiger partial charge in [0.05, 0.1) is 0 Å². The topological polar surface area (TPSA) is 78.9 Å². The standard InChI is InChI=1S/C59H104O6/c1-4-7-10-13-16-19-22-24-26-28-29-31-32-34-37-40-43-46-49-52-58(61)64-55-56(54-63-57(60)51-48-45-42-39-36-21-18-15-12-9-6-3)65-59(62)53-50-47-44-41-38-35-33-30-27-25-23-20-17-14-11-8-5-2/h8,11,15,17-18,20,25,27,33,35,56H,4-7,9-10,12-14,16,19,21-24,26,28-32,34,36-55H2,1-3H3/b11-8-,18-15-,20-17-,27-25-,35-33-. The van der Waals surface area contributed by atoms with Crippen LogP contribution >= 0.6 is 0 Å². The second-order valence-corrected chi connectivity index (χ2v) is 18.5. The molecule has 0 amide bonds. The normalized spacial score (nSPS) is 12.5. The van der Waals surface area contributed by atoms with E-state index in [-0.39, 0.29) is 31.1 Å². The molecule has 1 atom stereocenters. The van der Waals surface area contributed by atoms with E-state index < -0.39 is 6.10 Å². The molecular weight excluding hydrogens is 805 g/mol. The molecular formula is C59H104O6. The van der Waals surface area contributed by atoms with Crippen LogP contribution in [0.25, 0.3) is 0 Å². The first-order valence-corrected chi connectivity index (χ1v) is 27.8. The first kappa shape index (κ1) is 62.1. The molecule has 0 fully saturated rings. The van der Waals surface area contributed by atoms with Crippen LogP contribution in [0.4, 0.5) is 0 Å². The van der Waals surface area contributed by atoms with E-state index in [1.54, 1.807) is 0 Å². The van der Waals surface area contributed by atoms with Gasteiger partial charge in [-0.15, -0.1) is 0 Å². The van der Waals surface area contributed by atoms with Crippen molar-refractivity contribution >= 4 is 17.9 Å². The van der Waals surface area contributed by atoms with E-state index in [1.807, 2.05) is 0 Å². The maximum atomic E-state index is 12.8. The van der Waals surface area contributed by atoms with Crippen LogP contribution in [0.1, 0.15) is 278 Å². The molecule has 1 unspecified atom stereocenters. The van der Waals surface area contributed by atoms with Gasteiger partial charge in [0.25, 0.3) is 0 Å². The summed E-state index contributed by atoms with van der Waals surface area (Å²) in [4.78, 5) is 38.0. The number of unbranched alkanes of at least 4 members (excludes halogenated alkanes) is 29.